The van der Waals surface area contributed by atoms with Gasteiger partial charge in [-0.05, 0) is 55.5 Å². The minimum absolute atomic E-state index is 0.867. The molecule has 0 saturated heterocycles. The molecule has 0 atom stereocenters. The van der Waals surface area contributed by atoms with E-state index in [1.807, 2.05) is 54.8 Å². The van der Waals surface area contributed by atoms with Gasteiger partial charge in [0, 0.05) is 60.3 Å². The number of H-pyrrole nitrogens is 2. The molecule has 0 unspecified atom stereocenters. The smallest absolute Gasteiger partial charge is 0.0730 e. The Morgan fingerprint density at radius 1 is 0.467 bits per heavy atom. The van der Waals surface area contributed by atoms with E-state index in [0.717, 1.165) is 71.8 Å². The van der Waals surface area contributed by atoms with Gasteiger partial charge in [-0.3, -0.25) is 4.99 Å². The van der Waals surface area contributed by atoms with Crippen LogP contribution < -0.4 is 21.4 Å². The fraction of sp³-hybridized carbons (Fsp3) is 0.0250. The lowest BCUT2D eigenvalue weighted by molar-refractivity contribution is 1.22. The third-order valence-electron chi connectivity index (χ3n) is 8.17. The van der Waals surface area contributed by atoms with E-state index in [1.165, 1.54) is 10.8 Å². The molecule has 2 N–H and O–H groups in total. The highest BCUT2D eigenvalue weighted by molar-refractivity contribution is 6.01. The van der Waals surface area contributed by atoms with Crippen LogP contribution in [0, 0.1) is 0 Å². The largest absolute Gasteiger partial charge is 0.355 e. The number of nitrogens with zero attached hydrogens (tertiary/aromatic N) is 3. The minimum atomic E-state index is 0.867. The van der Waals surface area contributed by atoms with Crippen molar-refractivity contribution in [1.29, 1.82) is 0 Å². The van der Waals surface area contributed by atoms with Crippen LogP contribution in [0.2, 0.25) is 0 Å². The van der Waals surface area contributed by atoms with Crippen molar-refractivity contribution in [2.45, 2.75) is 6.92 Å². The molecule has 214 valence electrons. The maximum atomic E-state index is 4.98. The first-order valence-corrected chi connectivity index (χ1v) is 15.1. The van der Waals surface area contributed by atoms with E-state index in [9.17, 15) is 0 Å². The number of nitrogens with one attached hydrogen (secondary N) is 2. The highest BCUT2D eigenvalue weighted by Crippen LogP contribution is 2.26. The average molecular weight is 580 g/mol. The number of fused-ring (bicyclic) bond motifs is 3. The van der Waals surface area contributed by atoms with Gasteiger partial charge in [-0.15, -0.1) is 0 Å². The van der Waals surface area contributed by atoms with Crippen molar-refractivity contribution in [3.8, 4) is 0 Å². The standard InChI is InChI=1S/C40H29N5/c1-2-36-32-17-5-6-18-33(32)38(44-36)22-28-14-10-15-30(43-28)24-40-35-20-8-7-19-34(35)39(45-40)23-29-13-9-12-27(42-29)21-37-31-16-4-3-11-26(31)25-41-37/h2-25,44-45H,1H3/b36-2-,37-21-,38-22?,39-23?,40-24?. The molecule has 0 radical (unpaired) electrons. The average Bonchev–Trinajstić information content (AvgIpc) is 3.75. The van der Waals surface area contributed by atoms with Crippen molar-refractivity contribution in [2.24, 2.45) is 4.99 Å². The van der Waals surface area contributed by atoms with E-state index in [1.54, 1.807) is 0 Å². The minimum Gasteiger partial charge on any atom is -0.355 e. The van der Waals surface area contributed by atoms with Gasteiger partial charge in [-0.1, -0.05) is 91.0 Å². The molecule has 0 fully saturated rings. The molecule has 0 spiro atoms. The number of pyridine rings is 2. The zero-order valence-corrected chi connectivity index (χ0v) is 24.7. The van der Waals surface area contributed by atoms with E-state index in [-0.39, 0.29) is 0 Å². The van der Waals surface area contributed by atoms with Gasteiger partial charge in [0.05, 0.1) is 28.5 Å². The van der Waals surface area contributed by atoms with Gasteiger partial charge in [-0.2, -0.15) is 0 Å². The topological polar surface area (TPSA) is 69.7 Å². The van der Waals surface area contributed by atoms with Crippen molar-refractivity contribution in [2.75, 3.05) is 0 Å². The van der Waals surface area contributed by atoms with Crippen LogP contribution in [0.25, 0.3) is 57.6 Å². The molecule has 8 rings (SSSR count). The van der Waals surface area contributed by atoms with Gasteiger partial charge in [0.15, 0.2) is 0 Å². The normalized spacial score (nSPS) is 15.3. The second-order valence-electron chi connectivity index (χ2n) is 11.1. The summed E-state index contributed by atoms with van der Waals surface area (Å²) in [6.07, 6.45) is 12.4. The number of rotatable bonds is 4. The summed E-state index contributed by atoms with van der Waals surface area (Å²) >= 11 is 0. The van der Waals surface area contributed by atoms with E-state index in [0.29, 0.717) is 0 Å². The Bertz CT molecular complexity index is 2560. The third kappa shape index (κ3) is 5.11. The molecule has 0 saturated carbocycles. The molecular formula is C40H29N5. The SMILES string of the molecule is C/C=c1\[nH]c(=Cc2cccc(C=c3[nH]c(=Cc4cccc(/C=C5\N=Cc6ccccc65)n4)c4ccccc34)n2)c2ccccc12. The Balaban J connectivity index is 1.19. The van der Waals surface area contributed by atoms with Crippen LogP contribution in [0.15, 0.2) is 114 Å². The summed E-state index contributed by atoms with van der Waals surface area (Å²) in [6.45, 7) is 2.05. The summed E-state index contributed by atoms with van der Waals surface area (Å²) in [5.41, 5.74) is 6.70. The maximum absolute atomic E-state index is 4.98. The zero-order chi connectivity index (χ0) is 30.2. The third-order valence-corrected chi connectivity index (χ3v) is 8.17. The Morgan fingerprint density at radius 3 is 1.44 bits per heavy atom. The van der Waals surface area contributed by atoms with Crippen LogP contribution in [0.4, 0.5) is 0 Å². The number of hydrogen-bond donors (Lipinski definition) is 2. The predicted octanol–water partition coefficient (Wildman–Crippen LogP) is 5.66. The Labute approximate surface area is 259 Å². The van der Waals surface area contributed by atoms with Crippen LogP contribution in [-0.4, -0.2) is 26.2 Å². The summed E-state index contributed by atoms with van der Waals surface area (Å²) in [5, 5.41) is 8.85. The van der Waals surface area contributed by atoms with E-state index >= 15 is 0 Å². The first kappa shape index (κ1) is 26.5. The summed E-state index contributed by atoms with van der Waals surface area (Å²) in [4.78, 5) is 21.7. The summed E-state index contributed by atoms with van der Waals surface area (Å²) in [5.74, 6) is 0. The zero-order valence-electron chi connectivity index (χ0n) is 24.7. The second kappa shape index (κ2) is 11.2. The molecule has 45 heavy (non-hydrogen) atoms. The van der Waals surface area contributed by atoms with Crippen molar-refractivity contribution in [3.63, 3.8) is 0 Å². The second-order valence-corrected chi connectivity index (χ2v) is 11.1. The van der Waals surface area contributed by atoms with Gasteiger partial charge in [0.2, 0.25) is 0 Å². The lowest BCUT2D eigenvalue weighted by Crippen LogP contribution is -2.11. The molecule has 5 heterocycles. The van der Waals surface area contributed by atoms with Crippen molar-refractivity contribution in [1.82, 2.24) is 19.9 Å². The first-order valence-electron chi connectivity index (χ1n) is 15.1. The van der Waals surface area contributed by atoms with Gasteiger partial charge in [0.1, 0.15) is 0 Å². The molecule has 4 aromatic heterocycles. The van der Waals surface area contributed by atoms with Gasteiger partial charge in [-0.25, -0.2) is 9.97 Å². The predicted molar refractivity (Wildman–Crippen MR) is 186 cm³/mol. The molecule has 1 aliphatic rings. The number of aromatic nitrogens is 4. The number of aromatic amines is 2. The monoisotopic (exact) mass is 579 g/mol. The molecule has 5 heteroatoms. The summed E-state index contributed by atoms with van der Waals surface area (Å²) < 4.78 is 0. The van der Waals surface area contributed by atoms with Gasteiger partial charge >= 0.3 is 0 Å². The van der Waals surface area contributed by atoms with E-state index in [4.69, 9.17) is 9.97 Å². The molecule has 0 aliphatic carbocycles. The molecule has 1 aliphatic heterocycles. The number of benzene rings is 3. The molecule has 5 nitrogen and oxygen atoms in total. The first-order chi connectivity index (χ1) is 22.2. The number of aliphatic imine (C=N–C) groups is 1. The lowest BCUT2D eigenvalue weighted by atomic mass is 10.1. The highest BCUT2D eigenvalue weighted by atomic mass is 14.8. The van der Waals surface area contributed by atoms with Crippen LogP contribution in [0.3, 0.4) is 0 Å². The molecule has 3 aromatic carbocycles. The lowest BCUT2D eigenvalue weighted by Gasteiger charge is -2.00. The molecule has 7 aromatic rings. The fourth-order valence-electron chi connectivity index (χ4n) is 6.04. The summed E-state index contributed by atoms with van der Waals surface area (Å²) in [6, 6.07) is 37.3. The van der Waals surface area contributed by atoms with Crippen molar-refractivity contribution in [3.05, 3.63) is 164 Å². The molecular weight excluding hydrogens is 550 g/mol. The van der Waals surface area contributed by atoms with E-state index in [2.05, 4.69) is 113 Å². The van der Waals surface area contributed by atoms with E-state index < -0.39 is 0 Å². The fourth-order valence-corrected chi connectivity index (χ4v) is 6.04. The van der Waals surface area contributed by atoms with Gasteiger partial charge in [0.25, 0.3) is 0 Å². The van der Waals surface area contributed by atoms with Crippen LogP contribution in [0.5, 0.6) is 0 Å². The van der Waals surface area contributed by atoms with Crippen molar-refractivity contribution < 1.29 is 0 Å². The van der Waals surface area contributed by atoms with Crippen LogP contribution >= 0.6 is 0 Å². The molecule has 0 bridgehead atoms. The molecule has 0 amide bonds. The van der Waals surface area contributed by atoms with Gasteiger partial charge < -0.3 is 9.97 Å². The maximum Gasteiger partial charge on any atom is 0.0730 e. The Morgan fingerprint density at radius 2 is 0.911 bits per heavy atom. The number of hydrogen-bond acceptors (Lipinski definition) is 3. The Hall–Kier alpha value is -6.07. The Kier molecular flexibility index (Phi) is 6.61. The quantitative estimate of drug-likeness (QED) is 0.283. The van der Waals surface area contributed by atoms with Crippen molar-refractivity contribution >= 4 is 63.8 Å². The highest BCUT2D eigenvalue weighted by Gasteiger charge is 2.11. The van der Waals surface area contributed by atoms with Crippen LogP contribution in [-0.2, 0) is 0 Å². The summed E-state index contributed by atoms with van der Waals surface area (Å²) in [7, 11) is 0. The van der Waals surface area contributed by atoms with Crippen LogP contribution in [0.1, 0.15) is 40.8 Å².